The molecule has 4 aromatic rings. The first-order valence-electron chi connectivity index (χ1n) is 9.06. The summed E-state index contributed by atoms with van der Waals surface area (Å²) in [6, 6.07) is 9.44. The van der Waals surface area contributed by atoms with Gasteiger partial charge in [0, 0.05) is 11.6 Å². The Labute approximate surface area is 173 Å². The van der Waals surface area contributed by atoms with E-state index >= 15 is 0 Å². The molecule has 0 radical (unpaired) electrons. The predicted molar refractivity (Wildman–Crippen MR) is 108 cm³/mol. The molecule has 0 aliphatic carbocycles. The number of carbonyl (C=O) groups excluding carboxylic acids is 1. The van der Waals surface area contributed by atoms with E-state index in [2.05, 4.69) is 15.0 Å². The SMILES string of the molecule is COc1cc(-c2nc(C(N)=O)c3[nH]c(=O)n(-c4ccc5c(c4)OCO5)c3n2)ccc1O. The summed E-state index contributed by atoms with van der Waals surface area (Å²) in [4.78, 5) is 36.2. The van der Waals surface area contributed by atoms with Crippen molar-refractivity contribution >= 4 is 17.1 Å². The van der Waals surface area contributed by atoms with Crippen molar-refractivity contribution in [2.24, 2.45) is 5.73 Å². The number of amides is 1. The molecule has 5 rings (SSSR count). The van der Waals surface area contributed by atoms with Crippen molar-refractivity contribution in [1.29, 1.82) is 0 Å². The zero-order valence-electron chi connectivity index (χ0n) is 16.1. The van der Waals surface area contributed by atoms with E-state index in [1.165, 1.54) is 23.8 Å². The third kappa shape index (κ3) is 2.90. The molecule has 0 atom stereocenters. The van der Waals surface area contributed by atoms with Gasteiger partial charge >= 0.3 is 5.69 Å². The Morgan fingerprint density at radius 3 is 2.77 bits per heavy atom. The van der Waals surface area contributed by atoms with Crippen molar-refractivity contribution in [2.75, 3.05) is 13.9 Å². The number of carbonyl (C=O) groups is 1. The smallest absolute Gasteiger partial charge is 0.332 e. The molecular formula is C20H15N5O6. The molecule has 1 amide bonds. The second-order valence-electron chi connectivity index (χ2n) is 6.65. The molecule has 0 saturated heterocycles. The number of hydrogen-bond acceptors (Lipinski definition) is 8. The molecule has 1 aliphatic heterocycles. The lowest BCUT2D eigenvalue weighted by Crippen LogP contribution is -2.15. The second-order valence-corrected chi connectivity index (χ2v) is 6.65. The number of aromatic nitrogens is 4. The predicted octanol–water partition coefficient (Wildman–Crippen LogP) is 1.32. The minimum atomic E-state index is -0.835. The minimum absolute atomic E-state index is 0.0682. The quantitative estimate of drug-likeness (QED) is 0.446. The Morgan fingerprint density at radius 2 is 2.00 bits per heavy atom. The molecule has 2 aromatic heterocycles. The van der Waals surface area contributed by atoms with Gasteiger partial charge in [-0.05, 0) is 30.3 Å². The van der Waals surface area contributed by atoms with Crippen molar-refractivity contribution in [3.63, 3.8) is 0 Å². The molecular weight excluding hydrogens is 406 g/mol. The summed E-state index contributed by atoms with van der Waals surface area (Å²) in [6.07, 6.45) is 0. The molecule has 0 spiro atoms. The van der Waals surface area contributed by atoms with Gasteiger partial charge in [0.2, 0.25) is 6.79 Å². The number of rotatable bonds is 4. The Morgan fingerprint density at radius 1 is 1.19 bits per heavy atom. The highest BCUT2D eigenvalue weighted by molar-refractivity contribution is 6.02. The van der Waals surface area contributed by atoms with Gasteiger partial charge in [-0.25, -0.2) is 19.3 Å². The van der Waals surface area contributed by atoms with Gasteiger partial charge in [-0.3, -0.25) is 4.79 Å². The highest BCUT2D eigenvalue weighted by Gasteiger charge is 2.22. The maximum Gasteiger partial charge on any atom is 0.332 e. The molecule has 11 nitrogen and oxygen atoms in total. The van der Waals surface area contributed by atoms with E-state index in [9.17, 15) is 14.7 Å². The number of nitrogens with one attached hydrogen (secondary N) is 1. The number of H-pyrrole nitrogens is 1. The van der Waals surface area contributed by atoms with Crippen molar-refractivity contribution in [1.82, 2.24) is 19.5 Å². The number of methoxy groups -OCH3 is 1. The van der Waals surface area contributed by atoms with Gasteiger partial charge in [0.1, 0.15) is 5.52 Å². The van der Waals surface area contributed by atoms with E-state index < -0.39 is 11.6 Å². The molecule has 0 saturated carbocycles. The van der Waals surface area contributed by atoms with Crippen LogP contribution in [0.4, 0.5) is 0 Å². The lowest BCUT2D eigenvalue weighted by atomic mass is 10.1. The van der Waals surface area contributed by atoms with Crippen LogP contribution in [-0.4, -0.2) is 44.4 Å². The number of phenolic OH excluding ortho intramolecular Hbond substituents is 1. The van der Waals surface area contributed by atoms with Gasteiger partial charge in [0.25, 0.3) is 5.91 Å². The zero-order chi connectivity index (χ0) is 21.7. The van der Waals surface area contributed by atoms with Crippen LogP contribution in [0.1, 0.15) is 10.5 Å². The Hall–Kier alpha value is -4.54. The monoisotopic (exact) mass is 421 g/mol. The number of phenols is 1. The van der Waals surface area contributed by atoms with Crippen molar-refractivity contribution < 1.29 is 24.1 Å². The van der Waals surface area contributed by atoms with Crippen LogP contribution in [0.25, 0.3) is 28.2 Å². The van der Waals surface area contributed by atoms with E-state index in [0.29, 0.717) is 22.7 Å². The van der Waals surface area contributed by atoms with Crippen LogP contribution in [-0.2, 0) is 0 Å². The Balaban J connectivity index is 1.78. The molecule has 11 heteroatoms. The number of imidazole rings is 1. The van der Waals surface area contributed by atoms with Crippen LogP contribution in [0.15, 0.2) is 41.2 Å². The highest BCUT2D eigenvalue weighted by atomic mass is 16.7. The molecule has 31 heavy (non-hydrogen) atoms. The number of nitrogens with two attached hydrogens (primary N) is 1. The number of fused-ring (bicyclic) bond motifs is 2. The molecule has 2 aromatic carbocycles. The number of ether oxygens (including phenoxy) is 3. The van der Waals surface area contributed by atoms with Crippen LogP contribution in [0.3, 0.4) is 0 Å². The van der Waals surface area contributed by atoms with E-state index in [4.69, 9.17) is 19.9 Å². The van der Waals surface area contributed by atoms with Crippen LogP contribution >= 0.6 is 0 Å². The summed E-state index contributed by atoms with van der Waals surface area (Å²) >= 11 is 0. The lowest BCUT2D eigenvalue weighted by Gasteiger charge is -2.09. The minimum Gasteiger partial charge on any atom is -0.504 e. The summed E-state index contributed by atoms with van der Waals surface area (Å²) < 4.78 is 17.1. The number of nitrogens with zero attached hydrogens (tertiary/aromatic N) is 3. The lowest BCUT2D eigenvalue weighted by molar-refractivity contribution is 0.0997. The number of hydrogen-bond donors (Lipinski definition) is 3. The Kier molecular flexibility index (Phi) is 4.03. The summed E-state index contributed by atoms with van der Waals surface area (Å²) in [5.41, 5.74) is 5.98. The highest BCUT2D eigenvalue weighted by Crippen LogP contribution is 2.34. The van der Waals surface area contributed by atoms with Crippen LogP contribution < -0.4 is 25.6 Å². The largest absolute Gasteiger partial charge is 0.504 e. The normalized spacial score (nSPS) is 12.3. The fraction of sp³-hybridized carbons (Fsp3) is 0.100. The first kappa shape index (κ1) is 18.5. The molecule has 0 unspecified atom stereocenters. The van der Waals surface area contributed by atoms with Gasteiger partial charge in [0.05, 0.1) is 12.8 Å². The molecule has 0 bridgehead atoms. The zero-order valence-corrected chi connectivity index (χ0v) is 16.1. The van der Waals surface area contributed by atoms with E-state index in [0.717, 1.165) is 0 Å². The standard InChI is InChI=1S/C20H15N5O6/c1-29-13-6-9(2-4-11(13)26)18-22-15(17(21)27)16-19(24-18)25(20(28)23-16)10-3-5-12-14(7-10)31-8-30-12/h2-7,26H,8H2,1H3,(H2,21,27)(H,23,28). The second kappa shape index (κ2) is 6.76. The summed E-state index contributed by atoms with van der Waals surface area (Å²) in [6.45, 7) is 0.0857. The van der Waals surface area contributed by atoms with E-state index in [1.54, 1.807) is 24.3 Å². The van der Waals surface area contributed by atoms with Gasteiger partial charge in [-0.2, -0.15) is 0 Å². The van der Waals surface area contributed by atoms with Gasteiger partial charge < -0.3 is 30.0 Å². The summed E-state index contributed by atoms with van der Waals surface area (Å²) in [5, 5.41) is 9.86. The number of aromatic amines is 1. The average molecular weight is 421 g/mol. The maximum atomic E-state index is 12.8. The number of primary amides is 1. The molecule has 0 fully saturated rings. The Bertz CT molecular complexity index is 1420. The molecule has 156 valence electrons. The maximum absolute atomic E-state index is 12.8. The van der Waals surface area contributed by atoms with Crippen LogP contribution in [0, 0.1) is 0 Å². The first-order valence-corrected chi connectivity index (χ1v) is 9.06. The van der Waals surface area contributed by atoms with Crippen molar-refractivity contribution in [2.45, 2.75) is 0 Å². The van der Waals surface area contributed by atoms with Crippen LogP contribution in [0.5, 0.6) is 23.0 Å². The van der Waals surface area contributed by atoms with Gasteiger partial charge in [0.15, 0.2) is 40.2 Å². The van der Waals surface area contributed by atoms with Gasteiger partial charge in [-0.1, -0.05) is 0 Å². The van der Waals surface area contributed by atoms with Gasteiger partial charge in [-0.15, -0.1) is 0 Å². The molecule has 1 aliphatic rings. The average Bonchev–Trinajstić information content (AvgIpc) is 3.35. The fourth-order valence-electron chi connectivity index (χ4n) is 3.37. The van der Waals surface area contributed by atoms with E-state index in [-0.39, 0.29) is 41.0 Å². The van der Waals surface area contributed by atoms with E-state index in [1.807, 2.05) is 0 Å². The third-order valence-electron chi connectivity index (χ3n) is 4.82. The molecule has 3 heterocycles. The van der Waals surface area contributed by atoms with Crippen LogP contribution in [0.2, 0.25) is 0 Å². The van der Waals surface area contributed by atoms with Crippen molar-refractivity contribution in [3.05, 3.63) is 52.6 Å². The molecule has 4 N–H and O–H groups in total. The topological polar surface area (TPSA) is 155 Å². The third-order valence-corrected chi connectivity index (χ3v) is 4.82. The number of aromatic hydroxyl groups is 1. The fourth-order valence-corrected chi connectivity index (χ4v) is 3.37. The number of benzene rings is 2. The summed E-state index contributed by atoms with van der Waals surface area (Å²) in [5.74, 6) is 0.449. The first-order chi connectivity index (χ1) is 15.0. The summed E-state index contributed by atoms with van der Waals surface area (Å²) in [7, 11) is 1.40. The van der Waals surface area contributed by atoms with Crippen molar-refractivity contribution in [3.8, 4) is 40.1 Å².